The van der Waals surface area contributed by atoms with Gasteiger partial charge in [-0.1, -0.05) is 30.3 Å². The highest BCUT2D eigenvalue weighted by molar-refractivity contribution is 6.10. The average molecular weight is 390 g/mol. The van der Waals surface area contributed by atoms with Gasteiger partial charge in [-0.15, -0.1) is 0 Å². The summed E-state index contributed by atoms with van der Waals surface area (Å²) in [6.07, 6.45) is 3.88. The lowest BCUT2D eigenvalue weighted by molar-refractivity contribution is 0.103. The first-order valence-corrected chi connectivity index (χ1v) is 10.2. The van der Waals surface area contributed by atoms with Crippen LogP contribution in [0, 0.1) is 5.92 Å². The molecule has 4 rings (SSSR count). The van der Waals surface area contributed by atoms with Gasteiger partial charge in [0.2, 0.25) is 0 Å². The lowest BCUT2D eigenvalue weighted by Gasteiger charge is -2.22. The van der Waals surface area contributed by atoms with Crippen molar-refractivity contribution in [3.63, 3.8) is 0 Å². The van der Waals surface area contributed by atoms with E-state index in [1.54, 1.807) is 6.07 Å². The Kier molecular flexibility index (Phi) is 6.00. The third-order valence-electron chi connectivity index (χ3n) is 5.55. The van der Waals surface area contributed by atoms with Gasteiger partial charge in [-0.3, -0.25) is 10.1 Å². The van der Waals surface area contributed by atoms with Crippen LogP contribution >= 0.6 is 0 Å². The van der Waals surface area contributed by atoms with Crippen LogP contribution in [0.3, 0.4) is 0 Å². The van der Waals surface area contributed by atoms with Crippen LogP contribution in [-0.4, -0.2) is 37.3 Å². The summed E-state index contributed by atoms with van der Waals surface area (Å²) in [5, 5.41) is 9.13. The van der Waals surface area contributed by atoms with Crippen LogP contribution in [0.1, 0.15) is 40.7 Å². The minimum Gasteiger partial charge on any atom is -0.338 e. The summed E-state index contributed by atoms with van der Waals surface area (Å²) in [6.45, 7) is 2.81. The number of carbonyl (C=O) groups excluding carboxylic acids is 2. The van der Waals surface area contributed by atoms with Gasteiger partial charge in [0.05, 0.1) is 5.69 Å². The number of hydrogen-bond acceptors (Lipinski definition) is 4. The van der Waals surface area contributed by atoms with Gasteiger partial charge in [-0.25, -0.2) is 9.79 Å². The van der Waals surface area contributed by atoms with Gasteiger partial charge in [-0.05, 0) is 62.0 Å². The number of rotatable bonds is 5. The maximum Gasteiger partial charge on any atom is 0.320 e. The summed E-state index contributed by atoms with van der Waals surface area (Å²) in [5.41, 5.74) is 3.06. The number of aliphatic imine (C=N–C) groups is 1. The Morgan fingerprint density at radius 1 is 1.03 bits per heavy atom. The maximum absolute atomic E-state index is 12.6. The van der Waals surface area contributed by atoms with E-state index < -0.39 is 0 Å². The zero-order valence-electron chi connectivity index (χ0n) is 16.4. The second-order valence-corrected chi connectivity index (χ2v) is 7.64. The van der Waals surface area contributed by atoms with Gasteiger partial charge in [0, 0.05) is 24.1 Å². The lowest BCUT2D eigenvalue weighted by Crippen LogP contribution is -2.40. The highest BCUT2D eigenvalue weighted by Gasteiger charge is 2.19. The Morgan fingerprint density at radius 3 is 2.62 bits per heavy atom. The SMILES string of the molecule is O=C(NCCC1CCNCC1)NC1=Nc2ccc(C(=O)c3ccccc3)cc2C1. The normalized spacial score (nSPS) is 16.1. The van der Waals surface area contributed by atoms with Crippen molar-refractivity contribution in [2.75, 3.05) is 19.6 Å². The first kappa shape index (κ1) is 19.3. The second-order valence-electron chi connectivity index (χ2n) is 7.64. The zero-order chi connectivity index (χ0) is 20.1. The summed E-state index contributed by atoms with van der Waals surface area (Å²) in [6, 6.07) is 14.5. The number of piperidine rings is 1. The molecule has 0 bridgehead atoms. The molecule has 1 fully saturated rings. The monoisotopic (exact) mass is 390 g/mol. The van der Waals surface area contributed by atoms with E-state index in [1.165, 1.54) is 12.8 Å². The summed E-state index contributed by atoms with van der Waals surface area (Å²) >= 11 is 0. The molecule has 0 saturated carbocycles. The Hall–Kier alpha value is -2.99. The number of ketones is 1. The minimum absolute atomic E-state index is 0.00883. The van der Waals surface area contributed by atoms with E-state index in [2.05, 4.69) is 20.9 Å². The fourth-order valence-electron chi connectivity index (χ4n) is 3.91. The van der Waals surface area contributed by atoms with Crippen molar-refractivity contribution >= 4 is 23.3 Å². The van der Waals surface area contributed by atoms with Crippen molar-refractivity contribution in [1.29, 1.82) is 0 Å². The van der Waals surface area contributed by atoms with Crippen LogP contribution in [0.15, 0.2) is 53.5 Å². The number of nitrogens with zero attached hydrogens (tertiary/aromatic N) is 1. The molecule has 0 radical (unpaired) electrons. The van der Waals surface area contributed by atoms with E-state index in [0.717, 1.165) is 30.8 Å². The molecular weight excluding hydrogens is 364 g/mol. The van der Waals surface area contributed by atoms with Gasteiger partial charge >= 0.3 is 6.03 Å². The second kappa shape index (κ2) is 9.01. The van der Waals surface area contributed by atoms with Crippen LogP contribution in [0.2, 0.25) is 0 Å². The third-order valence-corrected chi connectivity index (χ3v) is 5.55. The fourth-order valence-corrected chi connectivity index (χ4v) is 3.91. The van der Waals surface area contributed by atoms with Gasteiger partial charge in [0.25, 0.3) is 0 Å². The molecule has 2 aliphatic heterocycles. The summed E-state index contributed by atoms with van der Waals surface area (Å²) in [4.78, 5) is 29.3. The Morgan fingerprint density at radius 2 is 1.83 bits per heavy atom. The molecule has 2 heterocycles. The number of amides is 2. The number of carbonyl (C=O) groups is 2. The number of hydrogen-bond donors (Lipinski definition) is 3. The molecule has 2 amide bonds. The first-order chi connectivity index (χ1) is 14.2. The summed E-state index contributed by atoms with van der Waals surface area (Å²) < 4.78 is 0. The van der Waals surface area contributed by atoms with Gasteiger partial charge < -0.3 is 10.6 Å². The molecule has 0 unspecified atom stereocenters. The molecule has 6 nitrogen and oxygen atoms in total. The Labute approximate surface area is 170 Å². The van der Waals surface area contributed by atoms with E-state index in [9.17, 15) is 9.59 Å². The molecule has 150 valence electrons. The average Bonchev–Trinajstić information content (AvgIpc) is 3.16. The molecule has 2 aliphatic rings. The van der Waals surface area contributed by atoms with Crippen molar-refractivity contribution < 1.29 is 9.59 Å². The molecule has 2 aromatic carbocycles. The molecule has 0 aromatic heterocycles. The molecule has 0 atom stereocenters. The predicted molar refractivity (Wildman–Crippen MR) is 114 cm³/mol. The Balaban J connectivity index is 1.29. The van der Waals surface area contributed by atoms with Crippen molar-refractivity contribution in [1.82, 2.24) is 16.0 Å². The number of benzene rings is 2. The molecule has 3 N–H and O–H groups in total. The predicted octanol–water partition coefficient (Wildman–Crippen LogP) is 3.19. The summed E-state index contributed by atoms with van der Waals surface area (Å²) in [7, 11) is 0. The highest BCUT2D eigenvalue weighted by Crippen LogP contribution is 2.27. The van der Waals surface area contributed by atoms with Gasteiger partial charge in [0.15, 0.2) is 5.78 Å². The molecular formula is C23H26N4O2. The van der Waals surface area contributed by atoms with Crippen molar-refractivity contribution in [2.24, 2.45) is 10.9 Å². The van der Waals surface area contributed by atoms with Crippen LogP contribution in [0.4, 0.5) is 10.5 Å². The van der Waals surface area contributed by atoms with Gasteiger partial charge in [-0.2, -0.15) is 0 Å². The summed E-state index contributed by atoms with van der Waals surface area (Å²) in [5.74, 6) is 1.29. The molecule has 0 spiro atoms. The topological polar surface area (TPSA) is 82.6 Å². The standard InChI is InChI=1S/C23H26N4O2/c28-22(17-4-2-1-3-5-17)18-6-7-20-19(14-18)15-21(26-20)27-23(29)25-13-10-16-8-11-24-12-9-16/h1-7,14,16,24H,8-13,15H2,(H2,25,26,27,29). The van der Waals surface area contributed by atoms with Crippen LogP contribution < -0.4 is 16.0 Å². The van der Waals surface area contributed by atoms with Crippen LogP contribution in [0.5, 0.6) is 0 Å². The highest BCUT2D eigenvalue weighted by atomic mass is 16.2. The third kappa shape index (κ3) is 4.90. The van der Waals surface area contributed by atoms with E-state index in [1.807, 2.05) is 42.5 Å². The van der Waals surface area contributed by atoms with Gasteiger partial charge in [0.1, 0.15) is 5.84 Å². The maximum atomic E-state index is 12.6. The first-order valence-electron chi connectivity index (χ1n) is 10.2. The number of amidine groups is 1. The van der Waals surface area contributed by atoms with Crippen molar-refractivity contribution in [2.45, 2.75) is 25.7 Å². The van der Waals surface area contributed by atoms with E-state index in [4.69, 9.17) is 0 Å². The van der Waals surface area contributed by atoms with E-state index in [-0.39, 0.29) is 11.8 Å². The zero-order valence-corrected chi connectivity index (χ0v) is 16.4. The van der Waals surface area contributed by atoms with Crippen LogP contribution in [0.25, 0.3) is 0 Å². The fraction of sp³-hybridized carbons (Fsp3) is 0.348. The smallest absolute Gasteiger partial charge is 0.320 e. The molecule has 2 aromatic rings. The van der Waals surface area contributed by atoms with Crippen molar-refractivity contribution in [3.8, 4) is 0 Å². The number of urea groups is 1. The molecule has 1 saturated heterocycles. The minimum atomic E-state index is -0.217. The quantitative estimate of drug-likeness (QED) is 0.686. The van der Waals surface area contributed by atoms with Crippen LogP contribution in [-0.2, 0) is 6.42 Å². The van der Waals surface area contributed by atoms with E-state index >= 15 is 0 Å². The number of fused-ring (bicyclic) bond motifs is 1. The number of nitrogens with one attached hydrogen (secondary N) is 3. The molecule has 0 aliphatic carbocycles. The lowest BCUT2D eigenvalue weighted by atomic mass is 9.95. The Bertz CT molecular complexity index is 918. The molecule has 6 heteroatoms. The largest absolute Gasteiger partial charge is 0.338 e. The van der Waals surface area contributed by atoms with E-state index in [0.29, 0.717) is 35.8 Å². The van der Waals surface area contributed by atoms with Crippen molar-refractivity contribution in [3.05, 3.63) is 65.2 Å². The molecule has 29 heavy (non-hydrogen) atoms.